The molecule has 0 aliphatic carbocycles. The van der Waals surface area contributed by atoms with Gasteiger partial charge in [0.2, 0.25) is 0 Å². The molecular weight excluding hydrogens is 236 g/mol. The molecule has 2 N–H and O–H groups in total. The lowest BCUT2D eigenvalue weighted by Crippen LogP contribution is -2.25. The number of alkyl halides is 2. The summed E-state index contributed by atoms with van der Waals surface area (Å²) in [6.45, 7) is 0. The molecule has 17 heavy (non-hydrogen) atoms. The van der Waals surface area contributed by atoms with Gasteiger partial charge in [0.1, 0.15) is 6.10 Å². The quantitative estimate of drug-likeness (QED) is 0.755. The number of rotatable bonds is 2. The van der Waals surface area contributed by atoms with Gasteiger partial charge in [-0.05, 0) is 17.7 Å². The average molecular weight is 243 g/mol. The number of fused-ring (bicyclic) bond motifs is 1. The number of aliphatic hydroxyl groups is 2. The largest absolute Gasteiger partial charge is 0.586 e. The van der Waals surface area contributed by atoms with E-state index in [2.05, 4.69) is 9.47 Å². The fourth-order valence-electron chi connectivity index (χ4n) is 1.40. The Balaban J connectivity index is 2.28. The fraction of sp³-hybridized carbons (Fsp3) is 0.300. The van der Waals surface area contributed by atoms with Gasteiger partial charge in [0.25, 0.3) is 0 Å². The van der Waals surface area contributed by atoms with Crippen molar-refractivity contribution in [2.75, 3.05) is 0 Å². The summed E-state index contributed by atoms with van der Waals surface area (Å²) in [6.07, 6.45) is -6.88. The maximum absolute atomic E-state index is 12.7. The van der Waals surface area contributed by atoms with Crippen molar-refractivity contribution in [2.24, 2.45) is 0 Å². The molecule has 7 heteroatoms. The zero-order valence-electron chi connectivity index (χ0n) is 8.30. The third-order valence-electron chi connectivity index (χ3n) is 2.20. The molecular formula is C10H7F2NO4. The highest BCUT2D eigenvalue weighted by atomic mass is 19.3. The van der Waals surface area contributed by atoms with Crippen molar-refractivity contribution in [2.45, 2.75) is 18.5 Å². The first-order valence-corrected chi connectivity index (χ1v) is 4.58. The first kappa shape index (κ1) is 11.6. The van der Waals surface area contributed by atoms with E-state index >= 15 is 0 Å². The molecule has 0 radical (unpaired) electrons. The van der Waals surface area contributed by atoms with Crippen LogP contribution in [0.25, 0.3) is 0 Å². The van der Waals surface area contributed by atoms with Crippen molar-refractivity contribution in [1.29, 1.82) is 5.26 Å². The standard InChI is InChI=1S/C10H7F2NO4/c11-10(12)16-7-2-1-5(3-8(7)17-10)9(15)6(14)4-13/h1-3,6,9,14-15H. The van der Waals surface area contributed by atoms with Gasteiger partial charge in [-0.2, -0.15) is 5.26 Å². The molecule has 0 saturated carbocycles. The van der Waals surface area contributed by atoms with Crippen LogP contribution in [0.1, 0.15) is 11.7 Å². The van der Waals surface area contributed by atoms with E-state index in [4.69, 9.17) is 10.4 Å². The summed E-state index contributed by atoms with van der Waals surface area (Å²) in [5.74, 6) is -0.422. The third kappa shape index (κ3) is 2.13. The third-order valence-corrected chi connectivity index (χ3v) is 2.20. The SMILES string of the molecule is N#CC(O)C(O)c1ccc2c(c1)OC(F)(F)O2. The number of aliphatic hydroxyl groups excluding tert-OH is 2. The fourth-order valence-corrected chi connectivity index (χ4v) is 1.40. The van der Waals surface area contributed by atoms with Crippen molar-refractivity contribution in [3.8, 4) is 17.6 Å². The zero-order chi connectivity index (χ0) is 12.6. The molecule has 5 nitrogen and oxygen atoms in total. The Morgan fingerprint density at radius 1 is 1.24 bits per heavy atom. The van der Waals surface area contributed by atoms with Gasteiger partial charge in [-0.15, -0.1) is 8.78 Å². The Morgan fingerprint density at radius 2 is 1.88 bits per heavy atom. The van der Waals surface area contributed by atoms with E-state index in [0.717, 1.165) is 6.07 Å². The van der Waals surface area contributed by atoms with E-state index in [1.54, 1.807) is 0 Å². The van der Waals surface area contributed by atoms with Crippen molar-refractivity contribution < 1.29 is 28.5 Å². The molecule has 1 heterocycles. The van der Waals surface area contributed by atoms with E-state index in [0.29, 0.717) is 0 Å². The monoisotopic (exact) mass is 243 g/mol. The van der Waals surface area contributed by atoms with Gasteiger partial charge < -0.3 is 19.7 Å². The highest BCUT2D eigenvalue weighted by Crippen LogP contribution is 2.42. The second-order valence-electron chi connectivity index (χ2n) is 3.39. The molecule has 0 fully saturated rings. The lowest BCUT2D eigenvalue weighted by Gasteiger charge is -2.11. The van der Waals surface area contributed by atoms with E-state index in [1.165, 1.54) is 18.2 Å². The number of hydrogen-bond donors (Lipinski definition) is 2. The van der Waals surface area contributed by atoms with Crippen LogP contribution in [-0.2, 0) is 0 Å². The number of hydrogen-bond acceptors (Lipinski definition) is 5. The van der Waals surface area contributed by atoms with Crippen LogP contribution < -0.4 is 9.47 Å². The first-order chi connectivity index (χ1) is 7.93. The molecule has 2 unspecified atom stereocenters. The van der Waals surface area contributed by atoms with Crippen LogP contribution in [0.4, 0.5) is 8.78 Å². The average Bonchev–Trinajstić information content (AvgIpc) is 2.59. The topological polar surface area (TPSA) is 82.7 Å². The zero-order valence-corrected chi connectivity index (χ0v) is 8.30. The maximum atomic E-state index is 12.7. The van der Waals surface area contributed by atoms with Crippen molar-refractivity contribution in [3.63, 3.8) is 0 Å². The summed E-state index contributed by atoms with van der Waals surface area (Å²) in [6, 6.07) is 4.94. The van der Waals surface area contributed by atoms with Gasteiger partial charge >= 0.3 is 6.29 Å². The van der Waals surface area contributed by atoms with Gasteiger partial charge in [-0.25, -0.2) is 0 Å². The van der Waals surface area contributed by atoms with Crippen LogP contribution >= 0.6 is 0 Å². The summed E-state index contributed by atoms with van der Waals surface area (Å²) in [4.78, 5) is 0. The Morgan fingerprint density at radius 3 is 2.53 bits per heavy atom. The number of nitriles is 1. The molecule has 0 bridgehead atoms. The minimum absolute atomic E-state index is 0.0825. The highest BCUT2D eigenvalue weighted by molar-refractivity contribution is 5.46. The molecule has 1 aromatic rings. The van der Waals surface area contributed by atoms with Crippen LogP contribution in [0.3, 0.4) is 0 Å². The van der Waals surface area contributed by atoms with Crippen LogP contribution in [-0.4, -0.2) is 22.6 Å². The molecule has 1 aliphatic heterocycles. The van der Waals surface area contributed by atoms with Gasteiger partial charge in [0.05, 0.1) is 6.07 Å². The minimum Gasteiger partial charge on any atom is -0.395 e. The Kier molecular flexibility index (Phi) is 2.61. The summed E-state index contributed by atoms with van der Waals surface area (Å²) in [7, 11) is 0. The van der Waals surface area contributed by atoms with Crippen molar-refractivity contribution in [3.05, 3.63) is 23.8 Å². The summed E-state index contributed by atoms with van der Waals surface area (Å²) in [5, 5.41) is 27.0. The van der Waals surface area contributed by atoms with Crippen molar-refractivity contribution in [1.82, 2.24) is 0 Å². The normalized spacial score (nSPS) is 19.5. The van der Waals surface area contributed by atoms with Gasteiger partial charge in [0, 0.05) is 0 Å². The first-order valence-electron chi connectivity index (χ1n) is 4.58. The number of ether oxygens (including phenoxy) is 2. The van der Waals surface area contributed by atoms with E-state index in [9.17, 15) is 13.9 Å². The van der Waals surface area contributed by atoms with Crippen molar-refractivity contribution >= 4 is 0 Å². The van der Waals surface area contributed by atoms with Crippen LogP contribution in [0, 0.1) is 11.3 Å². The Labute approximate surface area is 94.4 Å². The number of nitrogens with zero attached hydrogens (tertiary/aromatic N) is 1. The molecule has 0 aromatic heterocycles. The Bertz CT molecular complexity index is 486. The Hall–Kier alpha value is -1.91. The van der Waals surface area contributed by atoms with Gasteiger partial charge in [-0.3, -0.25) is 0 Å². The summed E-state index contributed by atoms with van der Waals surface area (Å²) < 4.78 is 33.7. The summed E-state index contributed by atoms with van der Waals surface area (Å²) in [5.41, 5.74) is 0.0825. The summed E-state index contributed by atoms with van der Waals surface area (Å²) >= 11 is 0. The lowest BCUT2D eigenvalue weighted by atomic mass is 10.0. The maximum Gasteiger partial charge on any atom is 0.586 e. The van der Waals surface area contributed by atoms with Crippen LogP contribution in [0.2, 0.25) is 0 Å². The van der Waals surface area contributed by atoms with Gasteiger partial charge in [-0.1, -0.05) is 6.07 Å². The predicted molar refractivity (Wildman–Crippen MR) is 49.2 cm³/mol. The molecule has 2 atom stereocenters. The second-order valence-corrected chi connectivity index (χ2v) is 3.39. The highest BCUT2D eigenvalue weighted by Gasteiger charge is 2.43. The molecule has 1 aliphatic rings. The smallest absolute Gasteiger partial charge is 0.395 e. The second kappa shape index (κ2) is 3.84. The van der Waals surface area contributed by atoms with E-state index < -0.39 is 18.5 Å². The van der Waals surface area contributed by atoms with E-state index in [-0.39, 0.29) is 17.1 Å². The number of benzene rings is 1. The van der Waals surface area contributed by atoms with Crippen LogP contribution in [0.5, 0.6) is 11.5 Å². The molecule has 0 spiro atoms. The van der Waals surface area contributed by atoms with E-state index in [1.807, 2.05) is 0 Å². The lowest BCUT2D eigenvalue weighted by molar-refractivity contribution is -0.286. The minimum atomic E-state index is -3.74. The molecule has 0 saturated heterocycles. The molecule has 0 amide bonds. The van der Waals surface area contributed by atoms with Gasteiger partial charge in [0.15, 0.2) is 17.6 Å². The molecule has 1 aromatic carbocycles. The molecule has 2 rings (SSSR count). The number of halogens is 2. The molecule has 90 valence electrons. The predicted octanol–water partition coefficient (Wildman–Crippen LogP) is 0.926. The van der Waals surface area contributed by atoms with Crippen LogP contribution in [0.15, 0.2) is 18.2 Å².